The first kappa shape index (κ1) is 27.0. The van der Waals surface area contributed by atoms with E-state index in [9.17, 15) is 4.79 Å². The molecule has 3 heteroatoms. The Morgan fingerprint density at radius 1 is 0.583 bits per heavy atom. The fraction of sp³-hybridized carbons (Fsp3) is 0.970. The zero-order chi connectivity index (χ0) is 24.7. The number of nitrogens with one attached hydrogen (secondary N) is 1. The van der Waals surface area contributed by atoms with Crippen LogP contribution in [0.4, 0.5) is 0 Å². The molecule has 0 aliphatic heterocycles. The van der Waals surface area contributed by atoms with Gasteiger partial charge in [0.1, 0.15) is 6.61 Å². The number of amides is 1. The maximum absolute atomic E-state index is 12.7. The molecule has 0 aromatic carbocycles. The third-order valence-corrected chi connectivity index (χ3v) is 11.4. The molecule has 6 aliphatic carbocycles. The highest BCUT2D eigenvalue weighted by Crippen LogP contribution is 2.72. The molecule has 6 aliphatic rings. The van der Waals surface area contributed by atoms with Crippen LogP contribution in [0.25, 0.3) is 0 Å². The van der Waals surface area contributed by atoms with Crippen LogP contribution in [0.3, 0.4) is 0 Å². The summed E-state index contributed by atoms with van der Waals surface area (Å²) >= 11 is 0. The largest absolute Gasteiger partial charge is 0.368 e. The number of hydrogen-bond donors (Lipinski definition) is 1. The lowest BCUT2D eigenvalue weighted by atomic mass is 9.35. The van der Waals surface area contributed by atoms with Gasteiger partial charge in [-0.1, -0.05) is 116 Å². The first-order chi connectivity index (χ1) is 17.7. The predicted molar refractivity (Wildman–Crippen MR) is 149 cm³/mol. The Hall–Kier alpha value is -0.570. The van der Waals surface area contributed by atoms with Crippen LogP contribution in [0, 0.1) is 23.2 Å². The van der Waals surface area contributed by atoms with Crippen LogP contribution in [0.2, 0.25) is 0 Å². The lowest BCUT2D eigenvalue weighted by Gasteiger charge is -2.73. The molecule has 0 aromatic rings. The van der Waals surface area contributed by atoms with E-state index in [0.29, 0.717) is 11.5 Å². The van der Waals surface area contributed by atoms with Gasteiger partial charge in [0.25, 0.3) is 0 Å². The fourth-order valence-electron chi connectivity index (χ4n) is 9.48. The molecule has 0 atom stereocenters. The van der Waals surface area contributed by atoms with Crippen LogP contribution in [-0.4, -0.2) is 24.2 Å². The molecule has 0 unspecified atom stereocenters. The Morgan fingerprint density at radius 2 is 1.03 bits per heavy atom. The molecule has 0 radical (unpaired) electrons. The summed E-state index contributed by atoms with van der Waals surface area (Å²) in [7, 11) is 0. The van der Waals surface area contributed by atoms with Crippen LogP contribution in [0.1, 0.15) is 161 Å². The van der Waals surface area contributed by atoms with Gasteiger partial charge in [-0.2, -0.15) is 0 Å². The highest BCUT2D eigenvalue weighted by molar-refractivity contribution is 5.78. The SMILES string of the molecule is O=C(COC1CCCCCCCC1)NC12CC(C3CCCC(C4CCCCCCCC4)CCC3)(C1)C2. The molecule has 206 valence electrons. The minimum Gasteiger partial charge on any atom is -0.368 e. The topological polar surface area (TPSA) is 38.3 Å². The van der Waals surface area contributed by atoms with Crippen molar-refractivity contribution in [3.63, 3.8) is 0 Å². The molecule has 0 heterocycles. The highest BCUT2D eigenvalue weighted by atomic mass is 16.5. The van der Waals surface area contributed by atoms with Crippen molar-refractivity contribution in [2.75, 3.05) is 6.61 Å². The van der Waals surface area contributed by atoms with Gasteiger partial charge in [-0.25, -0.2) is 0 Å². The second kappa shape index (κ2) is 13.0. The average molecular weight is 500 g/mol. The molecule has 0 saturated heterocycles. The van der Waals surface area contributed by atoms with Gasteiger partial charge in [-0.05, 0) is 68.1 Å². The van der Waals surface area contributed by atoms with Crippen molar-refractivity contribution in [3.05, 3.63) is 0 Å². The molecule has 3 nitrogen and oxygen atoms in total. The van der Waals surface area contributed by atoms with Crippen molar-refractivity contribution in [2.45, 2.75) is 172 Å². The van der Waals surface area contributed by atoms with Crippen LogP contribution in [-0.2, 0) is 9.53 Å². The molecule has 6 saturated carbocycles. The lowest BCUT2D eigenvalue weighted by molar-refractivity contribution is -0.199. The van der Waals surface area contributed by atoms with Gasteiger partial charge in [-0.3, -0.25) is 4.79 Å². The number of ether oxygens (including phenoxy) is 1. The van der Waals surface area contributed by atoms with Crippen LogP contribution >= 0.6 is 0 Å². The van der Waals surface area contributed by atoms with E-state index in [1.54, 1.807) is 0 Å². The Kier molecular flexibility index (Phi) is 9.75. The molecule has 1 amide bonds. The Morgan fingerprint density at radius 3 is 1.56 bits per heavy atom. The smallest absolute Gasteiger partial charge is 0.246 e. The fourth-order valence-corrected chi connectivity index (χ4v) is 9.48. The van der Waals surface area contributed by atoms with E-state index in [4.69, 9.17) is 4.74 Å². The maximum Gasteiger partial charge on any atom is 0.246 e. The Balaban J connectivity index is 1.01. The quantitative estimate of drug-likeness (QED) is 0.396. The minimum atomic E-state index is 0.140. The molecular weight excluding hydrogens is 442 g/mol. The summed E-state index contributed by atoms with van der Waals surface area (Å²) in [4.78, 5) is 12.7. The number of carbonyl (C=O) groups excluding carboxylic acids is 1. The number of rotatable bonds is 6. The third kappa shape index (κ3) is 6.89. The van der Waals surface area contributed by atoms with Gasteiger partial charge < -0.3 is 10.1 Å². The van der Waals surface area contributed by atoms with Gasteiger partial charge >= 0.3 is 0 Å². The first-order valence-corrected chi connectivity index (χ1v) is 16.6. The maximum atomic E-state index is 12.7. The van der Waals surface area contributed by atoms with Crippen molar-refractivity contribution >= 4 is 5.91 Å². The Labute approximate surface area is 222 Å². The molecule has 2 bridgehead atoms. The summed E-state index contributed by atoms with van der Waals surface area (Å²) in [6.45, 7) is 0.283. The first-order valence-electron chi connectivity index (χ1n) is 16.6. The second-order valence-electron chi connectivity index (χ2n) is 14.1. The van der Waals surface area contributed by atoms with Gasteiger partial charge in [0, 0.05) is 5.54 Å². The number of hydrogen-bond acceptors (Lipinski definition) is 2. The summed E-state index contributed by atoms with van der Waals surface area (Å²) in [6.07, 6.45) is 35.1. The molecule has 0 spiro atoms. The van der Waals surface area contributed by atoms with Crippen molar-refractivity contribution in [1.29, 1.82) is 0 Å². The molecule has 6 fully saturated rings. The third-order valence-electron chi connectivity index (χ3n) is 11.4. The summed E-state index contributed by atoms with van der Waals surface area (Å²) in [5, 5.41) is 3.43. The van der Waals surface area contributed by atoms with Gasteiger partial charge in [0.05, 0.1) is 6.10 Å². The van der Waals surface area contributed by atoms with Crippen molar-refractivity contribution < 1.29 is 9.53 Å². The molecule has 0 aromatic heterocycles. The molecule has 1 N–H and O–H groups in total. The van der Waals surface area contributed by atoms with Crippen molar-refractivity contribution in [3.8, 4) is 0 Å². The standard InChI is InChI=1S/C33H57NO2/c35-31(23-36-30-21-11-7-3-4-8-12-22-30)34-33-24-32(25-33,26-33)29-19-13-17-28(18-14-20-29)27-15-9-5-1-2-6-10-16-27/h27-30H,1-26H2,(H,34,35). The lowest BCUT2D eigenvalue weighted by Crippen LogP contribution is -2.76. The molecular formula is C33H57NO2. The van der Waals surface area contributed by atoms with Crippen LogP contribution in [0.5, 0.6) is 0 Å². The van der Waals surface area contributed by atoms with E-state index >= 15 is 0 Å². The van der Waals surface area contributed by atoms with Crippen molar-refractivity contribution in [2.24, 2.45) is 23.2 Å². The summed E-state index contributed by atoms with van der Waals surface area (Å²) in [5.41, 5.74) is 0.720. The van der Waals surface area contributed by atoms with Gasteiger partial charge in [0.15, 0.2) is 0 Å². The van der Waals surface area contributed by atoms with Crippen LogP contribution < -0.4 is 5.32 Å². The predicted octanol–water partition coefficient (Wildman–Crippen LogP) is 8.88. The average Bonchev–Trinajstić information content (AvgIpc) is 3.03. The molecule has 36 heavy (non-hydrogen) atoms. The number of carbonyl (C=O) groups is 1. The minimum absolute atomic E-state index is 0.140. The summed E-state index contributed by atoms with van der Waals surface area (Å²) in [5.74, 6) is 3.12. The second-order valence-corrected chi connectivity index (χ2v) is 14.1. The summed E-state index contributed by atoms with van der Waals surface area (Å²) in [6, 6.07) is 0. The zero-order valence-electron chi connectivity index (χ0n) is 23.5. The van der Waals surface area contributed by atoms with E-state index < -0.39 is 0 Å². The van der Waals surface area contributed by atoms with Gasteiger partial charge in [-0.15, -0.1) is 0 Å². The summed E-state index contributed by atoms with van der Waals surface area (Å²) < 4.78 is 6.11. The highest BCUT2D eigenvalue weighted by Gasteiger charge is 2.70. The molecule has 6 rings (SSSR count). The van der Waals surface area contributed by atoms with Gasteiger partial charge in [0.2, 0.25) is 5.91 Å². The van der Waals surface area contributed by atoms with Crippen LogP contribution in [0.15, 0.2) is 0 Å². The van der Waals surface area contributed by atoms with Crippen molar-refractivity contribution in [1.82, 2.24) is 5.32 Å². The Bertz CT molecular complexity index is 639. The van der Waals surface area contributed by atoms with E-state index in [0.717, 1.165) is 30.6 Å². The zero-order valence-corrected chi connectivity index (χ0v) is 23.5. The monoisotopic (exact) mass is 499 g/mol. The van der Waals surface area contributed by atoms with E-state index in [1.807, 2.05) is 0 Å². The van der Waals surface area contributed by atoms with E-state index in [-0.39, 0.29) is 18.1 Å². The van der Waals surface area contributed by atoms with E-state index in [2.05, 4.69) is 5.32 Å². The van der Waals surface area contributed by atoms with E-state index in [1.165, 1.54) is 148 Å². The normalized spacial score (nSPS) is 37.8.